The van der Waals surface area contributed by atoms with Gasteiger partial charge in [0.25, 0.3) is 16.6 Å². The third-order valence-corrected chi connectivity index (χ3v) is 16.8. The lowest BCUT2D eigenvalue weighted by Crippen LogP contribution is -2.30. The maximum atomic E-state index is 14.3. The van der Waals surface area contributed by atoms with Gasteiger partial charge in [-0.05, 0) is 107 Å². The number of carboxylic acids is 3. The maximum absolute atomic E-state index is 14.3. The number of carbonyl (C=O) groups is 4. The number of carboxylic acid groups (broad SMARTS) is 3. The lowest BCUT2D eigenvalue weighted by Gasteiger charge is -2.29. The summed E-state index contributed by atoms with van der Waals surface area (Å²) in [5.74, 6) is -3.07. The number of aliphatic carboxylic acids is 3. The van der Waals surface area contributed by atoms with Crippen LogP contribution in [0.3, 0.4) is 0 Å². The normalized spacial score (nSPS) is 19.6. The molecule has 0 fully saturated rings. The van der Waals surface area contributed by atoms with E-state index < -0.39 is 53.8 Å². The number of allylic oxidation sites excluding steroid dienone is 6. The van der Waals surface area contributed by atoms with Gasteiger partial charge in [-0.3, -0.25) is 37.9 Å². The molecular weight excluding hydrogens is 919 g/mol. The van der Waals surface area contributed by atoms with E-state index in [-0.39, 0.29) is 88.3 Å². The minimum absolute atomic E-state index is 0.0454. The molecule has 18 nitrogen and oxygen atoms in total. The summed E-state index contributed by atoms with van der Waals surface area (Å²) < 4.78 is 84.8. The topological polar surface area (TPSA) is 279 Å². The molecule has 0 saturated carbocycles. The lowest BCUT2D eigenvalue weighted by molar-refractivity contribution is -0.138. The average Bonchev–Trinajstić information content (AvgIpc) is 3.69. The van der Waals surface area contributed by atoms with Crippen LogP contribution in [0.2, 0.25) is 0 Å². The molecule has 0 aliphatic carbocycles. The molecule has 0 bridgehead atoms. The van der Waals surface area contributed by atoms with E-state index in [1.165, 1.54) is 18.2 Å². The first-order valence-electron chi connectivity index (χ1n) is 21.6. The highest BCUT2D eigenvalue weighted by Crippen LogP contribution is 2.55. The van der Waals surface area contributed by atoms with Gasteiger partial charge in [-0.25, -0.2) is 0 Å². The molecule has 5 N–H and O–H groups in total. The van der Waals surface area contributed by atoms with Crippen molar-refractivity contribution < 1.29 is 74.9 Å². The molecule has 3 atom stereocenters. The third kappa shape index (κ3) is 15.7. The van der Waals surface area contributed by atoms with Gasteiger partial charge < -0.3 is 38.9 Å². The second-order valence-corrected chi connectivity index (χ2v) is 23.0. The number of anilines is 1. The first-order valence-corrected chi connectivity index (χ1v) is 26.8. The van der Waals surface area contributed by atoms with Crippen molar-refractivity contribution in [3.8, 4) is 0 Å². The summed E-state index contributed by atoms with van der Waals surface area (Å²) in [7, 11) is -11.8. The van der Waals surface area contributed by atoms with Crippen LogP contribution in [0.4, 0.5) is 11.4 Å². The van der Waals surface area contributed by atoms with E-state index in [4.69, 9.17) is 38.6 Å². The molecule has 0 amide bonds. The number of fused-ring (bicyclic) bond motifs is 2. The first kappa shape index (κ1) is 53.9. The van der Waals surface area contributed by atoms with Gasteiger partial charge in [-0.1, -0.05) is 35.9 Å². The van der Waals surface area contributed by atoms with Gasteiger partial charge in [0.2, 0.25) is 7.37 Å². The molecular formula is C45H60N2O16P2S. The SMILES string of the molecule is Cc1ccc2c(c1)C(C)(CCP(=O)(CCCCC(=O)O)OCCCOC=O)C(C=CC=CC=C1Nc3ccc(S(=O)(=O)O)cc3C1(C)CCP(=O)(OCCCC(=O)O)OCCCC(=O)O)=N2. The zero-order valence-corrected chi connectivity index (χ0v) is 40.0. The van der Waals surface area contributed by atoms with Gasteiger partial charge in [0.1, 0.15) is 0 Å². The Kier molecular flexibility index (Phi) is 19.9. The molecule has 362 valence electrons. The molecule has 2 aliphatic rings. The number of rotatable bonds is 31. The fraction of sp³-hybridized carbons (Fsp3) is 0.489. The number of nitrogens with zero attached hydrogens (tertiary/aromatic N) is 1. The van der Waals surface area contributed by atoms with E-state index in [0.29, 0.717) is 54.8 Å². The number of aryl methyl sites for hydroxylation is 1. The molecule has 0 spiro atoms. The van der Waals surface area contributed by atoms with Crippen LogP contribution in [0, 0.1) is 6.92 Å². The maximum Gasteiger partial charge on any atom is 0.330 e. The van der Waals surface area contributed by atoms with Crippen molar-refractivity contribution in [1.82, 2.24) is 0 Å². The predicted molar refractivity (Wildman–Crippen MR) is 248 cm³/mol. The molecule has 21 heteroatoms. The van der Waals surface area contributed by atoms with Crippen molar-refractivity contribution in [1.29, 1.82) is 0 Å². The third-order valence-electron chi connectivity index (χ3n) is 11.5. The van der Waals surface area contributed by atoms with Crippen LogP contribution < -0.4 is 5.32 Å². The summed E-state index contributed by atoms with van der Waals surface area (Å²) in [5.41, 5.74) is 3.24. The van der Waals surface area contributed by atoms with Gasteiger partial charge in [-0.2, -0.15) is 8.42 Å². The predicted octanol–water partition coefficient (Wildman–Crippen LogP) is 8.81. The lowest BCUT2D eigenvalue weighted by atomic mass is 9.76. The summed E-state index contributed by atoms with van der Waals surface area (Å²) >= 11 is 0. The van der Waals surface area contributed by atoms with E-state index in [0.717, 1.165) is 16.8 Å². The quantitative estimate of drug-likeness (QED) is 0.0155. The number of aliphatic imine (C=N–C) groups is 1. The number of benzene rings is 2. The standard InChI is InChI=1S/C45H60N2O16P2S/c1-33-17-19-37-35(30-33)44(2,21-28-64(55,27-8-7-14-41(49)50)61-26-11-23-60-32-48)39(46-37)12-5-4-6-13-40-45(3,36-31-34(66(57,58)59)18-20-38(36)47-40)22-29-65(56,62-24-9-15-42(51)52)63-25-10-16-43(53)54/h4-6,12-13,17-20,30-32,47H,7-11,14-16,21-29H2,1-3H3,(H,49,50)(H,51,52)(H,53,54)(H,57,58,59). The summed E-state index contributed by atoms with van der Waals surface area (Å²) in [6, 6.07) is 10.0. The smallest absolute Gasteiger partial charge is 0.330 e. The molecule has 0 aromatic heterocycles. The van der Waals surface area contributed by atoms with Crippen LogP contribution in [0.1, 0.15) is 94.7 Å². The Morgan fingerprint density at radius 1 is 0.742 bits per heavy atom. The molecule has 0 saturated heterocycles. The van der Waals surface area contributed by atoms with Crippen molar-refractivity contribution >= 4 is 66.5 Å². The van der Waals surface area contributed by atoms with Crippen molar-refractivity contribution in [2.24, 2.45) is 4.99 Å². The Bertz CT molecular complexity index is 2390. The van der Waals surface area contributed by atoms with Crippen LogP contribution in [-0.2, 0) is 67.6 Å². The Morgan fingerprint density at radius 3 is 2.02 bits per heavy atom. The second-order valence-electron chi connectivity index (χ2n) is 16.6. The molecule has 0 radical (unpaired) electrons. The van der Waals surface area contributed by atoms with Crippen LogP contribution in [-0.4, -0.2) is 103 Å². The van der Waals surface area contributed by atoms with Crippen molar-refractivity contribution in [2.75, 3.05) is 50.2 Å². The summed E-state index contributed by atoms with van der Waals surface area (Å²) in [6.07, 6.45) is 10.2. The molecule has 2 aromatic carbocycles. The zero-order valence-electron chi connectivity index (χ0n) is 37.4. The number of hydrogen-bond acceptors (Lipinski definition) is 14. The van der Waals surface area contributed by atoms with E-state index in [1.807, 2.05) is 38.1 Å². The van der Waals surface area contributed by atoms with E-state index in [9.17, 15) is 41.3 Å². The second kappa shape index (κ2) is 24.3. The average molecular weight is 979 g/mol. The number of ether oxygens (including phenoxy) is 1. The highest BCUT2D eigenvalue weighted by Gasteiger charge is 2.43. The minimum Gasteiger partial charge on any atom is -0.481 e. The molecule has 2 aromatic rings. The van der Waals surface area contributed by atoms with Crippen molar-refractivity contribution in [2.45, 2.75) is 101 Å². The molecule has 66 heavy (non-hydrogen) atoms. The van der Waals surface area contributed by atoms with Crippen molar-refractivity contribution in [3.63, 3.8) is 0 Å². The molecule has 2 heterocycles. The van der Waals surface area contributed by atoms with Crippen LogP contribution in [0.15, 0.2) is 82.4 Å². The first-order chi connectivity index (χ1) is 31.1. The van der Waals surface area contributed by atoms with E-state index in [2.05, 4.69) is 5.32 Å². The monoisotopic (exact) mass is 978 g/mol. The number of carbonyl (C=O) groups excluding carboxylic acids is 1. The number of hydrogen-bond donors (Lipinski definition) is 5. The van der Waals surface area contributed by atoms with Crippen LogP contribution >= 0.6 is 15.0 Å². The summed E-state index contributed by atoms with van der Waals surface area (Å²) in [4.78, 5) is 48.6. The summed E-state index contributed by atoms with van der Waals surface area (Å²) in [5, 5.41) is 30.6. The number of nitrogens with one attached hydrogen (secondary N) is 1. The van der Waals surface area contributed by atoms with Gasteiger partial charge in [0, 0.05) is 60.2 Å². The minimum atomic E-state index is -4.61. The van der Waals surface area contributed by atoms with Gasteiger partial charge in [-0.15, -0.1) is 0 Å². The Hall–Kier alpha value is -4.74. The van der Waals surface area contributed by atoms with Crippen molar-refractivity contribution in [3.05, 3.63) is 89.2 Å². The van der Waals surface area contributed by atoms with E-state index in [1.54, 1.807) is 31.2 Å². The van der Waals surface area contributed by atoms with Gasteiger partial charge in [0.05, 0.1) is 48.9 Å². The van der Waals surface area contributed by atoms with E-state index >= 15 is 0 Å². The summed E-state index contributed by atoms with van der Waals surface area (Å²) in [6.45, 7) is 5.93. The zero-order chi connectivity index (χ0) is 48.6. The Morgan fingerprint density at radius 2 is 1.38 bits per heavy atom. The highest BCUT2D eigenvalue weighted by molar-refractivity contribution is 7.85. The van der Waals surface area contributed by atoms with Gasteiger partial charge >= 0.3 is 25.5 Å². The largest absolute Gasteiger partial charge is 0.481 e. The Balaban J connectivity index is 1.61. The fourth-order valence-corrected chi connectivity index (χ4v) is 12.5. The van der Waals surface area contributed by atoms with Gasteiger partial charge in [0.15, 0.2) is 0 Å². The molecule has 4 rings (SSSR count). The Labute approximate surface area is 385 Å². The van der Waals surface area contributed by atoms with Crippen LogP contribution in [0.25, 0.3) is 0 Å². The number of unbranched alkanes of at least 4 members (excludes halogenated alkanes) is 1. The molecule has 2 aliphatic heterocycles. The van der Waals surface area contributed by atoms with Crippen LogP contribution in [0.5, 0.6) is 0 Å². The molecule has 3 unspecified atom stereocenters. The fourth-order valence-electron chi connectivity index (χ4n) is 7.67. The highest BCUT2D eigenvalue weighted by atomic mass is 32.2.